The molecule has 2 bridgehead atoms. The molecule has 2 aromatic carbocycles. The molecule has 2 aliphatic heterocycles. The highest BCUT2D eigenvalue weighted by Gasteiger charge is 2.39. The molecule has 2 unspecified atom stereocenters. The van der Waals surface area contributed by atoms with E-state index >= 15 is 0 Å². The number of rotatable bonds is 4. The summed E-state index contributed by atoms with van der Waals surface area (Å²) in [6.45, 7) is 6.03. The maximum Gasteiger partial charge on any atom is 0.123 e. The first-order chi connectivity index (χ1) is 15.6. The Morgan fingerprint density at radius 3 is 2.56 bits per heavy atom. The van der Waals surface area contributed by atoms with Gasteiger partial charge < -0.3 is 14.2 Å². The fourth-order valence-electron chi connectivity index (χ4n) is 5.00. The van der Waals surface area contributed by atoms with Gasteiger partial charge in [0.1, 0.15) is 5.82 Å². The number of imidazole rings is 1. The van der Waals surface area contributed by atoms with Crippen LogP contribution in [0.25, 0.3) is 33.4 Å². The van der Waals surface area contributed by atoms with E-state index in [1.165, 1.54) is 12.1 Å². The summed E-state index contributed by atoms with van der Waals surface area (Å²) < 4.78 is 21.4. The highest BCUT2D eigenvalue weighted by Crippen LogP contribution is 2.37. The van der Waals surface area contributed by atoms with Crippen LogP contribution in [0.15, 0.2) is 61.1 Å². The van der Waals surface area contributed by atoms with E-state index in [4.69, 9.17) is 14.7 Å². The van der Waals surface area contributed by atoms with Crippen molar-refractivity contribution >= 4 is 16.6 Å². The molecule has 0 amide bonds. The fourth-order valence-corrected chi connectivity index (χ4v) is 5.00. The summed E-state index contributed by atoms with van der Waals surface area (Å²) in [5, 5.41) is 1.10. The highest BCUT2D eigenvalue weighted by molar-refractivity contribution is 5.89. The van der Waals surface area contributed by atoms with Gasteiger partial charge in [-0.25, -0.2) is 9.37 Å². The van der Waals surface area contributed by atoms with Crippen molar-refractivity contribution in [2.45, 2.75) is 38.5 Å². The van der Waals surface area contributed by atoms with Crippen LogP contribution in [0.2, 0.25) is 0 Å². The molecule has 0 radical (unpaired) electrons. The molecule has 2 aliphatic rings. The predicted octanol–water partition coefficient (Wildman–Crippen LogP) is 5.46. The largest absolute Gasteiger partial charge is 0.374 e. The minimum absolute atomic E-state index is 0.243. The number of hydrogen-bond donors (Lipinski definition) is 0. The van der Waals surface area contributed by atoms with Crippen LogP contribution >= 0.6 is 0 Å². The molecule has 32 heavy (non-hydrogen) atoms. The second-order valence-corrected chi connectivity index (χ2v) is 9.05. The van der Waals surface area contributed by atoms with Crippen LogP contribution in [0.5, 0.6) is 0 Å². The summed E-state index contributed by atoms with van der Waals surface area (Å²) in [7, 11) is 0. The van der Waals surface area contributed by atoms with E-state index < -0.39 is 0 Å². The van der Waals surface area contributed by atoms with Crippen molar-refractivity contribution in [2.75, 3.05) is 18.1 Å². The van der Waals surface area contributed by atoms with E-state index in [9.17, 15) is 4.39 Å². The molecule has 2 atom stereocenters. The standard InChI is InChI=1S/C26H25FN4O/c1-16(2)31-15-29-25(17-3-6-20(27)7-4-17)26(31)18-5-8-24-19(9-18)10-21(12-28-24)30-13-23-11-22(30)14-32-23/h3-10,12,15-16,22-23H,11,13-14H2,1-2H3. The SMILES string of the molecule is CC(C)n1cnc(-c2ccc(F)cc2)c1-c1ccc2ncc(N3CC4CC3CO4)cc2c1. The summed E-state index contributed by atoms with van der Waals surface area (Å²) in [6, 6.07) is 15.8. The minimum Gasteiger partial charge on any atom is -0.374 e. The van der Waals surface area contributed by atoms with Crippen molar-refractivity contribution < 1.29 is 9.13 Å². The van der Waals surface area contributed by atoms with Gasteiger partial charge in [-0.3, -0.25) is 4.98 Å². The first-order valence-electron chi connectivity index (χ1n) is 11.2. The zero-order valence-electron chi connectivity index (χ0n) is 18.2. The molecule has 4 aromatic rings. The molecule has 6 heteroatoms. The lowest BCUT2D eigenvalue weighted by Crippen LogP contribution is -2.36. The van der Waals surface area contributed by atoms with Crippen molar-refractivity contribution in [3.8, 4) is 22.5 Å². The lowest BCUT2D eigenvalue weighted by atomic mass is 10.0. The average Bonchev–Trinajstić information content (AvgIpc) is 3.54. The first-order valence-corrected chi connectivity index (χ1v) is 11.2. The molecule has 162 valence electrons. The van der Waals surface area contributed by atoms with Gasteiger partial charge >= 0.3 is 0 Å². The van der Waals surface area contributed by atoms with Crippen LogP contribution in [-0.4, -0.2) is 39.8 Å². The van der Waals surface area contributed by atoms with Gasteiger partial charge in [0.15, 0.2) is 0 Å². The lowest BCUT2D eigenvalue weighted by Gasteiger charge is -2.28. The zero-order chi connectivity index (χ0) is 21.8. The molecule has 2 fully saturated rings. The minimum atomic E-state index is -0.246. The van der Waals surface area contributed by atoms with E-state index in [0.29, 0.717) is 12.1 Å². The molecule has 6 rings (SSSR count). The van der Waals surface area contributed by atoms with Crippen LogP contribution in [-0.2, 0) is 4.74 Å². The third-order valence-corrected chi connectivity index (χ3v) is 6.64. The number of ether oxygens (including phenoxy) is 1. The summed E-state index contributed by atoms with van der Waals surface area (Å²) in [5.41, 5.74) is 6.00. The maximum absolute atomic E-state index is 13.5. The second kappa shape index (κ2) is 7.41. The Morgan fingerprint density at radius 1 is 1.03 bits per heavy atom. The number of benzene rings is 2. The third kappa shape index (κ3) is 3.17. The summed E-state index contributed by atoms with van der Waals surface area (Å²) >= 11 is 0. The normalized spacial score (nSPS) is 20.1. The number of nitrogens with zero attached hydrogens (tertiary/aromatic N) is 4. The van der Waals surface area contributed by atoms with Gasteiger partial charge in [-0.2, -0.15) is 0 Å². The van der Waals surface area contributed by atoms with Crippen LogP contribution in [0.4, 0.5) is 10.1 Å². The van der Waals surface area contributed by atoms with Crippen LogP contribution in [0.3, 0.4) is 0 Å². The molecule has 0 saturated carbocycles. The molecule has 5 nitrogen and oxygen atoms in total. The summed E-state index contributed by atoms with van der Waals surface area (Å²) in [6.07, 6.45) is 5.30. The molecule has 0 spiro atoms. The molecule has 2 saturated heterocycles. The number of anilines is 1. The highest BCUT2D eigenvalue weighted by atomic mass is 19.1. The van der Waals surface area contributed by atoms with E-state index in [2.05, 4.69) is 47.6 Å². The number of pyridine rings is 1. The summed E-state index contributed by atoms with van der Waals surface area (Å²) in [4.78, 5) is 11.9. The monoisotopic (exact) mass is 428 g/mol. The second-order valence-electron chi connectivity index (χ2n) is 9.05. The van der Waals surface area contributed by atoms with Crippen LogP contribution in [0.1, 0.15) is 26.3 Å². The Hall–Kier alpha value is -3.25. The number of halogens is 1. The van der Waals surface area contributed by atoms with Gasteiger partial charge in [0, 0.05) is 29.1 Å². The topological polar surface area (TPSA) is 43.2 Å². The van der Waals surface area contributed by atoms with Crippen molar-refractivity contribution in [2.24, 2.45) is 0 Å². The Bertz CT molecular complexity index is 1300. The van der Waals surface area contributed by atoms with E-state index in [1.807, 2.05) is 12.5 Å². The molecular weight excluding hydrogens is 403 g/mol. The molecule has 2 aromatic heterocycles. The smallest absolute Gasteiger partial charge is 0.123 e. The average molecular weight is 429 g/mol. The van der Waals surface area contributed by atoms with Gasteiger partial charge in [0.2, 0.25) is 0 Å². The van der Waals surface area contributed by atoms with Crippen molar-refractivity contribution in [1.82, 2.24) is 14.5 Å². The Morgan fingerprint density at radius 2 is 1.84 bits per heavy atom. The number of hydrogen-bond acceptors (Lipinski definition) is 4. The van der Waals surface area contributed by atoms with Gasteiger partial charge in [-0.05, 0) is 62.7 Å². The lowest BCUT2D eigenvalue weighted by molar-refractivity contribution is 0.0991. The van der Waals surface area contributed by atoms with E-state index in [-0.39, 0.29) is 11.9 Å². The Balaban J connectivity index is 1.46. The van der Waals surface area contributed by atoms with Crippen LogP contribution < -0.4 is 4.90 Å². The number of fused-ring (bicyclic) bond motifs is 3. The molecule has 0 N–H and O–H groups in total. The van der Waals surface area contributed by atoms with E-state index in [0.717, 1.165) is 58.7 Å². The summed E-state index contributed by atoms with van der Waals surface area (Å²) in [5.74, 6) is -0.246. The zero-order valence-corrected chi connectivity index (χ0v) is 18.2. The van der Waals surface area contributed by atoms with Gasteiger partial charge in [0.05, 0.1) is 53.9 Å². The van der Waals surface area contributed by atoms with Gasteiger partial charge in [-0.15, -0.1) is 0 Å². The third-order valence-electron chi connectivity index (χ3n) is 6.64. The number of morpholine rings is 1. The Kier molecular flexibility index (Phi) is 4.50. The number of aromatic nitrogens is 3. The first kappa shape index (κ1) is 19.4. The van der Waals surface area contributed by atoms with E-state index in [1.54, 1.807) is 12.1 Å². The van der Waals surface area contributed by atoms with Gasteiger partial charge in [0.25, 0.3) is 0 Å². The van der Waals surface area contributed by atoms with Crippen molar-refractivity contribution in [1.29, 1.82) is 0 Å². The van der Waals surface area contributed by atoms with Crippen molar-refractivity contribution in [3.63, 3.8) is 0 Å². The van der Waals surface area contributed by atoms with Gasteiger partial charge in [-0.1, -0.05) is 6.07 Å². The quantitative estimate of drug-likeness (QED) is 0.433. The predicted molar refractivity (Wildman–Crippen MR) is 124 cm³/mol. The molecular formula is C26H25FN4O. The van der Waals surface area contributed by atoms with Crippen LogP contribution in [0, 0.1) is 5.82 Å². The Labute approximate surface area is 186 Å². The fraction of sp³-hybridized carbons (Fsp3) is 0.308. The maximum atomic E-state index is 13.5. The molecule has 0 aliphatic carbocycles. The van der Waals surface area contributed by atoms with Crippen molar-refractivity contribution in [3.05, 3.63) is 66.9 Å². The molecule has 4 heterocycles.